The Labute approximate surface area is 248 Å². The van der Waals surface area contributed by atoms with Gasteiger partial charge in [0.2, 0.25) is 17.7 Å². The van der Waals surface area contributed by atoms with Gasteiger partial charge in [-0.15, -0.1) is 6.04 Å². The van der Waals surface area contributed by atoms with E-state index < -0.39 is 0 Å². The van der Waals surface area contributed by atoms with Gasteiger partial charge in [0.1, 0.15) is 5.56 Å². The number of nitrogens with zero attached hydrogens (tertiary/aromatic N) is 5. The molecule has 34 heavy (non-hydrogen) atoms. The molecule has 1 fully saturated rings. The van der Waals surface area contributed by atoms with Gasteiger partial charge in [-0.1, -0.05) is 64.6 Å². The summed E-state index contributed by atoms with van der Waals surface area (Å²) in [7, 11) is 5.72. The van der Waals surface area contributed by atoms with Crippen LogP contribution in [0, 0.1) is 17.8 Å². The molecule has 0 radical (unpaired) electrons. The van der Waals surface area contributed by atoms with Crippen molar-refractivity contribution in [3.05, 3.63) is 29.2 Å². The average Bonchev–Trinajstić information content (AvgIpc) is 2.81. The number of carbonyl (C=O) groups is 1. The smallest absolute Gasteiger partial charge is 0.642 e. The summed E-state index contributed by atoms with van der Waals surface area (Å²) in [6, 6.07) is 0.215. The zero-order chi connectivity index (χ0) is 24.6. The average molecular weight is 497 g/mol. The molecule has 1 saturated carbocycles. The summed E-state index contributed by atoms with van der Waals surface area (Å²) in [5.41, 5.74) is 6.34. The van der Waals surface area contributed by atoms with Crippen molar-refractivity contribution in [1.29, 1.82) is 0 Å². The topological polar surface area (TPSA) is 98.7 Å². The van der Waals surface area contributed by atoms with Crippen molar-refractivity contribution < 1.29 is 60.9 Å². The van der Waals surface area contributed by atoms with Crippen LogP contribution in [0.5, 0.6) is 5.88 Å². The number of aromatic nitrogens is 2. The van der Waals surface area contributed by atoms with Crippen molar-refractivity contribution in [2.24, 2.45) is 5.92 Å². The Morgan fingerprint density at radius 3 is 2.74 bits per heavy atom. The van der Waals surface area contributed by atoms with E-state index in [1.165, 1.54) is 0 Å². The summed E-state index contributed by atoms with van der Waals surface area (Å²) in [5, 5.41) is 4.75. The van der Waals surface area contributed by atoms with Crippen LogP contribution in [0.2, 0.25) is 0 Å². The van der Waals surface area contributed by atoms with Crippen molar-refractivity contribution in [1.82, 2.24) is 19.8 Å². The van der Waals surface area contributed by atoms with Crippen LogP contribution in [0.4, 0.5) is 5.95 Å². The van der Waals surface area contributed by atoms with Crippen LogP contribution >= 0.6 is 0 Å². The summed E-state index contributed by atoms with van der Waals surface area (Å²) in [4.78, 5) is 24.0. The molecule has 1 aliphatic rings. The summed E-state index contributed by atoms with van der Waals surface area (Å²) in [6.07, 6.45) is 10.0. The second-order valence-electron chi connectivity index (χ2n) is 8.11. The molecule has 9 heteroatoms. The molecule has 0 aromatic carbocycles. The third-order valence-electron chi connectivity index (χ3n) is 4.93. The Bertz CT molecular complexity index is 806. The van der Waals surface area contributed by atoms with Crippen LogP contribution in [0.1, 0.15) is 58.4 Å². The van der Waals surface area contributed by atoms with Gasteiger partial charge in [0.05, 0.1) is 12.8 Å². The van der Waals surface area contributed by atoms with E-state index in [0.29, 0.717) is 24.7 Å². The van der Waals surface area contributed by atoms with Crippen LogP contribution in [-0.2, 0) is 4.79 Å². The molecule has 2 rings (SSSR count). The first-order valence-corrected chi connectivity index (χ1v) is 11.9. The van der Waals surface area contributed by atoms with E-state index in [9.17, 15) is 4.79 Å². The van der Waals surface area contributed by atoms with Crippen LogP contribution in [0.25, 0.3) is 5.32 Å². The Morgan fingerprint density at radius 1 is 1.32 bits per heavy atom. The SMILES string of the molecule is CC.CCCOc1nc(N)ncc1C#C[C@@H]1CCC[C@H]([N-]CN(C)C(=O)/C=C/CN(C)C)C1.[K+]. The third kappa shape index (κ3) is 13.2. The third-order valence-corrected chi connectivity index (χ3v) is 4.93. The van der Waals surface area contributed by atoms with Gasteiger partial charge in [-0.2, -0.15) is 4.98 Å². The molecule has 1 aromatic heterocycles. The maximum atomic E-state index is 12.2. The van der Waals surface area contributed by atoms with Gasteiger partial charge < -0.3 is 25.6 Å². The molecule has 0 aliphatic heterocycles. The van der Waals surface area contributed by atoms with Gasteiger partial charge in [0.15, 0.2) is 0 Å². The van der Waals surface area contributed by atoms with Crippen molar-refractivity contribution in [2.45, 2.75) is 58.9 Å². The standard InChI is InChI=1S/C23H35N6O2.C2H6.K/c1-5-14-31-22-19(16-25-23(24)27-22)12-11-18-8-6-9-20(15-18)26-17-29(4)21(30)10-7-13-28(2)3;1-2;/h7,10,16,18,20H,5-6,8-9,13-15,17H2,1-4H3,(H2,24,25,27);1-2H3;/q-1;;+1/b10-7+;;/t18-,20-;;/m0../s1. The van der Waals surface area contributed by atoms with E-state index in [-0.39, 0.29) is 75.2 Å². The molecule has 1 heterocycles. The number of hydrogen-bond donors (Lipinski definition) is 1. The molecule has 0 unspecified atom stereocenters. The molecular weight excluding hydrogens is 455 g/mol. The van der Waals surface area contributed by atoms with E-state index >= 15 is 0 Å². The van der Waals surface area contributed by atoms with Gasteiger partial charge in [0, 0.05) is 25.6 Å². The summed E-state index contributed by atoms with van der Waals surface area (Å²) >= 11 is 0. The molecule has 0 saturated heterocycles. The molecular formula is C25H41KN6O2. The van der Waals surface area contributed by atoms with Crippen molar-refractivity contribution >= 4 is 11.9 Å². The number of carbonyl (C=O) groups excluding carboxylic acids is 1. The molecule has 0 spiro atoms. The van der Waals surface area contributed by atoms with Crippen molar-refractivity contribution in [2.75, 3.05) is 46.7 Å². The summed E-state index contributed by atoms with van der Waals surface area (Å²) in [6.45, 7) is 7.74. The molecule has 1 aromatic rings. The molecule has 184 valence electrons. The predicted octanol–water partition coefficient (Wildman–Crippen LogP) is 0.696. The second-order valence-corrected chi connectivity index (χ2v) is 8.11. The molecule has 8 nitrogen and oxygen atoms in total. The van der Waals surface area contributed by atoms with Crippen molar-refractivity contribution in [3.63, 3.8) is 0 Å². The fourth-order valence-corrected chi connectivity index (χ4v) is 3.21. The van der Waals surface area contributed by atoms with Gasteiger partial charge in [-0.3, -0.25) is 4.79 Å². The Hall–Kier alpha value is -0.994. The predicted molar refractivity (Wildman–Crippen MR) is 135 cm³/mol. The van der Waals surface area contributed by atoms with E-state index in [1.807, 2.05) is 45.8 Å². The molecule has 1 aliphatic carbocycles. The monoisotopic (exact) mass is 496 g/mol. The van der Waals surface area contributed by atoms with E-state index in [1.54, 1.807) is 24.2 Å². The van der Waals surface area contributed by atoms with Gasteiger partial charge in [-0.25, -0.2) is 4.98 Å². The minimum atomic E-state index is -0.0271. The van der Waals surface area contributed by atoms with Crippen LogP contribution < -0.4 is 61.9 Å². The van der Waals surface area contributed by atoms with Crippen LogP contribution in [0.3, 0.4) is 0 Å². The Kier molecular flexibility index (Phi) is 18.7. The normalized spacial score (nSPS) is 17.1. The zero-order valence-electron chi connectivity index (χ0n) is 22.2. The number of hydrogen-bond acceptors (Lipinski definition) is 6. The number of amides is 1. The van der Waals surface area contributed by atoms with Crippen molar-refractivity contribution in [3.8, 4) is 17.7 Å². The number of nitrogens with two attached hydrogens (primary N) is 1. The maximum Gasteiger partial charge on any atom is 1.00 e. The van der Waals surface area contributed by atoms with Gasteiger partial charge in [0.25, 0.3) is 0 Å². The number of rotatable bonds is 9. The van der Waals surface area contributed by atoms with E-state index in [0.717, 1.165) is 38.6 Å². The number of anilines is 1. The fourth-order valence-electron chi connectivity index (χ4n) is 3.21. The van der Waals surface area contributed by atoms with Crippen LogP contribution in [-0.4, -0.2) is 72.7 Å². The summed E-state index contributed by atoms with van der Waals surface area (Å²) < 4.78 is 5.66. The number of nitrogen functional groups attached to an aromatic ring is 1. The minimum absolute atomic E-state index is 0. The molecule has 1 amide bonds. The van der Waals surface area contributed by atoms with Crippen LogP contribution in [0.15, 0.2) is 18.3 Å². The zero-order valence-corrected chi connectivity index (χ0v) is 25.3. The maximum absolute atomic E-state index is 12.2. The quantitative estimate of drug-likeness (QED) is 0.307. The number of ether oxygens (including phenoxy) is 1. The van der Waals surface area contributed by atoms with E-state index in [4.69, 9.17) is 15.8 Å². The first-order chi connectivity index (χ1) is 15.9. The molecule has 2 N–H and O–H groups in total. The first kappa shape index (κ1) is 33.0. The Morgan fingerprint density at radius 2 is 2.06 bits per heavy atom. The Balaban J connectivity index is 0.00000353. The largest absolute Gasteiger partial charge is 1.00 e. The minimum Gasteiger partial charge on any atom is -0.642 e. The van der Waals surface area contributed by atoms with Gasteiger partial charge in [-0.05, 0) is 26.9 Å². The fraction of sp³-hybridized carbons (Fsp3) is 0.640. The molecule has 0 bridgehead atoms. The second kappa shape index (κ2) is 19.2. The first-order valence-electron chi connectivity index (χ1n) is 11.9. The molecule has 2 atom stereocenters. The number of likely N-dealkylation sites (N-methyl/N-ethyl adjacent to an activating group) is 2. The summed E-state index contributed by atoms with van der Waals surface area (Å²) in [5.74, 6) is 7.38. The van der Waals surface area contributed by atoms with E-state index in [2.05, 4.69) is 21.8 Å². The van der Waals surface area contributed by atoms with Gasteiger partial charge >= 0.3 is 51.4 Å².